The van der Waals surface area contributed by atoms with Crippen molar-refractivity contribution in [1.82, 2.24) is 25.2 Å². The number of aryl methyl sites for hydroxylation is 1. The zero-order chi connectivity index (χ0) is 18.1. The molecule has 0 aliphatic carbocycles. The van der Waals surface area contributed by atoms with Crippen molar-refractivity contribution in [1.29, 1.82) is 0 Å². The first-order valence-corrected chi connectivity index (χ1v) is 9.58. The van der Waals surface area contributed by atoms with E-state index in [1.807, 2.05) is 43.3 Å². The lowest BCUT2D eigenvalue weighted by Gasteiger charge is -2.10. The number of pyridine rings is 1. The second-order valence-electron chi connectivity index (χ2n) is 5.65. The maximum absolute atomic E-state index is 6.54. The van der Waals surface area contributed by atoms with Gasteiger partial charge in [0.25, 0.3) is 0 Å². The van der Waals surface area contributed by atoms with Gasteiger partial charge in [0.05, 0.1) is 21.9 Å². The molecule has 130 valence electrons. The quantitative estimate of drug-likeness (QED) is 0.444. The Bertz CT molecular complexity index is 1080. The minimum Gasteiger partial charge on any atom is -0.250 e. The van der Waals surface area contributed by atoms with Gasteiger partial charge in [-0.1, -0.05) is 53.2 Å². The van der Waals surface area contributed by atoms with Crippen molar-refractivity contribution in [3.8, 4) is 5.69 Å². The Kier molecular flexibility index (Phi) is 4.80. The predicted molar refractivity (Wildman–Crippen MR) is 105 cm³/mol. The first-order valence-electron chi connectivity index (χ1n) is 7.84. The maximum Gasteiger partial charge on any atom is 0.214 e. The van der Waals surface area contributed by atoms with Gasteiger partial charge in [-0.05, 0) is 53.2 Å². The van der Waals surface area contributed by atoms with E-state index in [4.69, 9.17) is 28.2 Å². The maximum atomic E-state index is 6.54. The van der Waals surface area contributed by atoms with E-state index in [9.17, 15) is 0 Å². The van der Waals surface area contributed by atoms with Crippen LogP contribution in [0.1, 0.15) is 11.3 Å². The molecular weight excluding hydrogens is 389 g/mol. The molecular formula is C18H13Cl2N5S. The van der Waals surface area contributed by atoms with Gasteiger partial charge in [0, 0.05) is 16.2 Å². The van der Waals surface area contributed by atoms with Crippen LogP contribution in [-0.4, -0.2) is 25.2 Å². The number of halogens is 2. The average Bonchev–Trinajstić information content (AvgIpc) is 3.13. The minimum absolute atomic E-state index is 0.568. The molecule has 2 aromatic carbocycles. The van der Waals surface area contributed by atoms with Gasteiger partial charge in [-0.25, -0.2) is 0 Å². The lowest BCUT2D eigenvalue weighted by Crippen LogP contribution is -2.00. The Morgan fingerprint density at radius 1 is 1.04 bits per heavy atom. The molecule has 5 nitrogen and oxygen atoms in total. The van der Waals surface area contributed by atoms with Crippen LogP contribution in [0.25, 0.3) is 16.6 Å². The highest BCUT2D eigenvalue weighted by Crippen LogP contribution is 2.31. The highest BCUT2D eigenvalue weighted by atomic mass is 35.5. The second kappa shape index (κ2) is 7.23. The van der Waals surface area contributed by atoms with E-state index in [-0.39, 0.29) is 0 Å². The molecule has 0 aliphatic heterocycles. The third kappa shape index (κ3) is 3.28. The molecule has 4 aromatic rings. The van der Waals surface area contributed by atoms with Crippen LogP contribution in [0, 0.1) is 6.92 Å². The van der Waals surface area contributed by atoms with E-state index < -0.39 is 0 Å². The molecule has 26 heavy (non-hydrogen) atoms. The molecule has 0 unspecified atom stereocenters. The molecule has 0 radical (unpaired) electrons. The zero-order valence-corrected chi connectivity index (χ0v) is 16.1. The first-order chi connectivity index (χ1) is 12.6. The average molecular weight is 402 g/mol. The number of benzene rings is 2. The number of hydrogen-bond acceptors (Lipinski definition) is 5. The van der Waals surface area contributed by atoms with Crippen molar-refractivity contribution in [3.63, 3.8) is 0 Å². The number of thioether (sulfide) groups is 1. The lowest BCUT2D eigenvalue weighted by molar-refractivity contribution is 0.756. The van der Waals surface area contributed by atoms with E-state index in [1.54, 1.807) is 16.8 Å². The summed E-state index contributed by atoms with van der Waals surface area (Å²) in [6.07, 6.45) is 0. The molecule has 0 fully saturated rings. The number of nitrogens with zero attached hydrogens (tertiary/aromatic N) is 5. The Morgan fingerprint density at radius 2 is 1.81 bits per heavy atom. The summed E-state index contributed by atoms with van der Waals surface area (Å²) in [5, 5.41) is 15.0. The molecule has 0 aliphatic rings. The Hall–Kier alpha value is -2.15. The van der Waals surface area contributed by atoms with Crippen LogP contribution in [0.5, 0.6) is 0 Å². The van der Waals surface area contributed by atoms with Gasteiger partial charge in [-0.15, -0.1) is 5.10 Å². The standard InChI is InChI=1S/C18H13Cl2N5S/c1-11-14-4-2-3-5-15(14)21-16(17(11)20)10-26-18-22-23-24-25(18)13-8-6-12(19)7-9-13/h2-9H,10H2,1H3. The topological polar surface area (TPSA) is 56.5 Å². The SMILES string of the molecule is Cc1c(Cl)c(CSc2nnnn2-c2ccc(Cl)cc2)nc2ccccc12. The smallest absolute Gasteiger partial charge is 0.214 e. The van der Waals surface area contributed by atoms with Gasteiger partial charge >= 0.3 is 0 Å². The van der Waals surface area contributed by atoms with Gasteiger partial charge in [0.2, 0.25) is 5.16 Å². The van der Waals surface area contributed by atoms with Crippen molar-refractivity contribution in [2.45, 2.75) is 17.8 Å². The van der Waals surface area contributed by atoms with Gasteiger partial charge in [-0.2, -0.15) is 4.68 Å². The van der Waals surface area contributed by atoms with Crippen molar-refractivity contribution in [3.05, 3.63) is 69.8 Å². The number of fused-ring (bicyclic) bond motifs is 1. The first kappa shape index (κ1) is 17.3. The molecule has 4 rings (SSSR count). The number of rotatable bonds is 4. The number of tetrazole rings is 1. The Balaban J connectivity index is 1.63. The molecule has 2 aromatic heterocycles. The summed E-state index contributed by atoms with van der Waals surface area (Å²) in [6.45, 7) is 2.01. The normalized spacial score (nSPS) is 11.2. The van der Waals surface area contributed by atoms with Gasteiger partial charge in [0.1, 0.15) is 0 Å². The summed E-state index contributed by atoms with van der Waals surface area (Å²) in [7, 11) is 0. The van der Waals surface area contributed by atoms with E-state index in [2.05, 4.69) is 15.5 Å². The Labute approximate surface area is 164 Å². The van der Waals surface area contributed by atoms with Crippen LogP contribution in [0.4, 0.5) is 0 Å². The van der Waals surface area contributed by atoms with Crippen molar-refractivity contribution in [2.24, 2.45) is 0 Å². The summed E-state index contributed by atoms with van der Waals surface area (Å²) in [5.41, 5.74) is 3.63. The molecule has 0 amide bonds. The van der Waals surface area contributed by atoms with Gasteiger partial charge in [-0.3, -0.25) is 4.98 Å². The molecule has 0 atom stereocenters. The van der Waals surface area contributed by atoms with Crippen molar-refractivity contribution < 1.29 is 0 Å². The molecule has 0 saturated heterocycles. The van der Waals surface area contributed by atoms with E-state index in [1.165, 1.54) is 11.8 Å². The molecule has 0 bridgehead atoms. The minimum atomic E-state index is 0.568. The summed E-state index contributed by atoms with van der Waals surface area (Å²) in [5.74, 6) is 0.568. The Morgan fingerprint density at radius 3 is 2.62 bits per heavy atom. The molecule has 0 saturated carbocycles. The fourth-order valence-electron chi connectivity index (χ4n) is 2.66. The summed E-state index contributed by atoms with van der Waals surface area (Å²) in [6, 6.07) is 15.3. The van der Waals surface area contributed by atoms with Crippen molar-refractivity contribution in [2.75, 3.05) is 0 Å². The van der Waals surface area contributed by atoms with E-state index in [0.29, 0.717) is 21.0 Å². The molecule has 0 N–H and O–H groups in total. The van der Waals surface area contributed by atoms with Crippen molar-refractivity contribution >= 4 is 45.9 Å². The van der Waals surface area contributed by atoms with E-state index >= 15 is 0 Å². The third-order valence-electron chi connectivity index (χ3n) is 4.00. The highest BCUT2D eigenvalue weighted by molar-refractivity contribution is 7.98. The lowest BCUT2D eigenvalue weighted by atomic mass is 10.1. The summed E-state index contributed by atoms with van der Waals surface area (Å²) >= 11 is 14.0. The van der Waals surface area contributed by atoms with Crippen LogP contribution in [0.15, 0.2) is 53.7 Å². The van der Waals surface area contributed by atoms with Gasteiger partial charge < -0.3 is 0 Å². The highest BCUT2D eigenvalue weighted by Gasteiger charge is 2.14. The third-order valence-corrected chi connectivity index (χ3v) is 5.68. The van der Waals surface area contributed by atoms with Crippen LogP contribution >= 0.6 is 35.0 Å². The monoisotopic (exact) mass is 401 g/mol. The van der Waals surface area contributed by atoms with E-state index in [0.717, 1.165) is 27.8 Å². The number of hydrogen-bond donors (Lipinski definition) is 0. The van der Waals surface area contributed by atoms with Gasteiger partial charge in [0.15, 0.2) is 0 Å². The molecule has 0 spiro atoms. The summed E-state index contributed by atoms with van der Waals surface area (Å²) in [4.78, 5) is 4.70. The number of aromatic nitrogens is 5. The zero-order valence-electron chi connectivity index (χ0n) is 13.7. The molecule has 8 heteroatoms. The number of para-hydroxylation sites is 1. The fraction of sp³-hybridized carbons (Fsp3) is 0.111. The predicted octanol–water partition coefficient (Wildman–Crippen LogP) is 5.12. The molecule has 2 heterocycles. The van der Waals surface area contributed by atoms with Crippen LogP contribution in [0.3, 0.4) is 0 Å². The fourth-order valence-corrected chi connectivity index (χ4v) is 3.91. The van der Waals surface area contributed by atoms with Crippen LogP contribution in [-0.2, 0) is 5.75 Å². The summed E-state index contributed by atoms with van der Waals surface area (Å²) < 4.78 is 1.67. The van der Waals surface area contributed by atoms with Crippen LogP contribution < -0.4 is 0 Å². The second-order valence-corrected chi connectivity index (χ2v) is 7.41. The largest absolute Gasteiger partial charge is 0.250 e. The van der Waals surface area contributed by atoms with Crippen LogP contribution in [0.2, 0.25) is 10.0 Å².